The lowest BCUT2D eigenvalue weighted by Crippen LogP contribution is -2.29. The van der Waals surface area contributed by atoms with E-state index in [1.165, 1.54) is 23.2 Å². The van der Waals surface area contributed by atoms with Crippen LogP contribution in [0.25, 0.3) is 0 Å². The van der Waals surface area contributed by atoms with Crippen LogP contribution in [-0.2, 0) is 15.6 Å². The molecule has 8 heteroatoms. The van der Waals surface area contributed by atoms with Gasteiger partial charge < -0.3 is 10.6 Å². The van der Waals surface area contributed by atoms with E-state index in [-0.39, 0.29) is 35.9 Å². The minimum absolute atomic E-state index is 0. The Balaban J connectivity index is 0.00000261. The second-order valence-corrected chi connectivity index (χ2v) is 10.4. The van der Waals surface area contributed by atoms with Crippen molar-refractivity contribution in [1.82, 2.24) is 4.90 Å². The summed E-state index contributed by atoms with van der Waals surface area (Å²) >= 11 is 1.37. The Morgan fingerprint density at radius 1 is 1.26 bits per heavy atom. The van der Waals surface area contributed by atoms with Crippen molar-refractivity contribution in [3.8, 4) is 0 Å². The van der Waals surface area contributed by atoms with Crippen LogP contribution in [0.1, 0.15) is 31.6 Å². The number of sulfone groups is 1. The third kappa shape index (κ3) is 5.10. The molecule has 0 unspecified atom stereocenters. The van der Waals surface area contributed by atoms with Crippen LogP contribution >= 0.6 is 23.7 Å². The molecule has 2 atom stereocenters. The van der Waals surface area contributed by atoms with Crippen LogP contribution in [0.5, 0.6) is 0 Å². The van der Waals surface area contributed by atoms with Gasteiger partial charge in [0.1, 0.15) is 0 Å². The molecule has 0 bridgehead atoms. The van der Waals surface area contributed by atoms with Crippen LogP contribution < -0.4 is 5.73 Å². The molecular weight excluding hydrogens is 404 g/mol. The quantitative estimate of drug-likeness (QED) is 0.793. The Morgan fingerprint density at radius 3 is 2.52 bits per heavy atom. The minimum Gasteiger partial charge on any atom is -0.337 e. The molecule has 1 aromatic carbocycles. The zero-order valence-corrected chi connectivity index (χ0v) is 17.9. The summed E-state index contributed by atoms with van der Waals surface area (Å²) in [6, 6.07) is 11.9. The predicted molar refractivity (Wildman–Crippen MR) is 112 cm³/mol. The number of nitrogens with zero attached hydrogens (tertiary/aromatic N) is 1. The Kier molecular flexibility index (Phi) is 7.08. The number of rotatable bonds is 5. The van der Waals surface area contributed by atoms with E-state index in [0.29, 0.717) is 24.5 Å². The number of likely N-dealkylation sites (tertiary alicyclic amines) is 1. The van der Waals surface area contributed by atoms with E-state index in [4.69, 9.17) is 5.73 Å². The van der Waals surface area contributed by atoms with Gasteiger partial charge in [0, 0.05) is 30.1 Å². The van der Waals surface area contributed by atoms with Gasteiger partial charge >= 0.3 is 0 Å². The molecule has 27 heavy (non-hydrogen) atoms. The lowest BCUT2D eigenvalue weighted by molar-refractivity contribution is 0.0791. The Labute approximate surface area is 170 Å². The van der Waals surface area contributed by atoms with Crippen molar-refractivity contribution in [2.75, 3.05) is 25.9 Å². The first-order valence-electron chi connectivity index (χ1n) is 8.60. The maximum absolute atomic E-state index is 13.0. The van der Waals surface area contributed by atoms with Gasteiger partial charge in [0.2, 0.25) is 0 Å². The summed E-state index contributed by atoms with van der Waals surface area (Å²) in [6.07, 6.45) is 1.21. The van der Waals surface area contributed by atoms with Crippen molar-refractivity contribution in [1.29, 1.82) is 0 Å². The third-order valence-electron chi connectivity index (χ3n) is 4.91. The van der Waals surface area contributed by atoms with Crippen molar-refractivity contribution in [3.63, 3.8) is 0 Å². The molecule has 0 spiro atoms. The molecule has 0 radical (unpaired) electrons. The van der Waals surface area contributed by atoms with E-state index in [1.54, 1.807) is 6.07 Å². The molecule has 2 N–H and O–H groups in total. The molecule has 1 aliphatic rings. The number of hydrogen-bond donors (Lipinski definition) is 1. The second-order valence-electron chi connectivity index (χ2n) is 6.99. The number of amides is 1. The number of hydrogen-bond acceptors (Lipinski definition) is 5. The summed E-state index contributed by atoms with van der Waals surface area (Å²) < 4.78 is 23.1. The maximum Gasteiger partial charge on any atom is 0.263 e. The number of halogens is 1. The monoisotopic (exact) mass is 428 g/mol. The number of thiophene rings is 1. The van der Waals surface area contributed by atoms with Crippen molar-refractivity contribution < 1.29 is 13.2 Å². The number of carbonyl (C=O) groups excluding carboxylic acids is 1. The van der Waals surface area contributed by atoms with E-state index in [9.17, 15) is 13.2 Å². The fourth-order valence-corrected chi connectivity index (χ4v) is 5.53. The fourth-order valence-electron chi connectivity index (χ4n) is 3.56. The van der Waals surface area contributed by atoms with Crippen LogP contribution in [0, 0.1) is 12.8 Å². The normalized spacial score (nSPS) is 19.7. The molecule has 0 aliphatic carbocycles. The van der Waals surface area contributed by atoms with Gasteiger partial charge in [0.25, 0.3) is 5.91 Å². The molecule has 3 rings (SSSR count). The molecule has 1 fully saturated rings. The van der Waals surface area contributed by atoms with Gasteiger partial charge in [-0.05, 0) is 36.6 Å². The smallest absolute Gasteiger partial charge is 0.263 e. The lowest BCUT2D eigenvalue weighted by atomic mass is 9.89. The standard InChI is InChI=1S/C19H24N2O3S2.ClH/c1-13-15(12-26(2,23)24)8-18(25-13)19(22)21-10-16(9-20)17(11-21)14-6-4-3-5-7-14;/h3-8,16-17H,9-12,20H2,1-2H3;1H/t16-,17+;/m1./s1. The van der Waals surface area contributed by atoms with Gasteiger partial charge in [-0.1, -0.05) is 30.3 Å². The second kappa shape index (κ2) is 8.73. The Bertz CT molecular complexity index is 897. The molecule has 2 heterocycles. The first kappa shape index (κ1) is 21.9. The van der Waals surface area contributed by atoms with Crippen LogP contribution in [-0.4, -0.2) is 45.1 Å². The fraction of sp³-hybridized carbons (Fsp3) is 0.421. The van der Waals surface area contributed by atoms with E-state index in [0.717, 1.165) is 10.4 Å². The first-order chi connectivity index (χ1) is 12.3. The van der Waals surface area contributed by atoms with Crippen LogP contribution in [0.3, 0.4) is 0 Å². The highest BCUT2D eigenvalue weighted by atomic mass is 35.5. The molecule has 5 nitrogen and oxygen atoms in total. The first-order valence-corrected chi connectivity index (χ1v) is 11.5. The average Bonchev–Trinajstić information content (AvgIpc) is 3.18. The third-order valence-corrected chi connectivity index (χ3v) is 6.82. The summed E-state index contributed by atoms with van der Waals surface area (Å²) in [7, 11) is -3.12. The number of benzene rings is 1. The van der Waals surface area contributed by atoms with E-state index < -0.39 is 9.84 Å². The molecular formula is C19H25ClN2O3S2. The Hall–Kier alpha value is -1.41. The molecule has 1 aliphatic heterocycles. The number of nitrogens with two attached hydrogens (primary N) is 1. The zero-order chi connectivity index (χ0) is 18.9. The van der Waals surface area contributed by atoms with Gasteiger partial charge in [-0.3, -0.25) is 4.79 Å². The largest absolute Gasteiger partial charge is 0.337 e. The molecule has 1 amide bonds. The van der Waals surface area contributed by atoms with Crippen molar-refractivity contribution >= 4 is 39.5 Å². The highest BCUT2D eigenvalue weighted by Gasteiger charge is 2.36. The van der Waals surface area contributed by atoms with Gasteiger partial charge in [0.05, 0.1) is 10.6 Å². The van der Waals surface area contributed by atoms with Crippen molar-refractivity contribution in [3.05, 3.63) is 57.3 Å². The summed E-state index contributed by atoms with van der Waals surface area (Å²) in [6.45, 7) is 3.67. The molecule has 1 saturated heterocycles. The summed E-state index contributed by atoms with van der Waals surface area (Å²) in [4.78, 5) is 16.3. The van der Waals surface area contributed by atoms with E-state index in [1.807, 2.05) is 30.0 Å². The highest BCUT2D eigenvalue weighted by molar-refractivity contribution is 7.89. The van der Waals surface area contributed by atoms with Gasteiger partial charge in [0.15, 0.2) is 9.84 Å². The Morgan fingerprint density at radius 2 is 1.93 bits per heavy atom. The molecule has 2 aromatic rings. The van der Waals surface area contributed by atoms with Crippen LogP contribution in [0.15, 0.2) is 36.4 Å². The van der Waals surface area contributed by atoms with Gasteiger partial charge in [-0.2, -0.15) is 0 Å². The van der Waals surface area contributed by atoms with Gasteiger partial charge in [-0.15, -0.1) is 23.7 Å². The van der Waals surface area contributed by atoms with E-state index in [2.05, 4.69) is 12.1 Å². The number of aryl methyl sites for hydroxylation is 1. The molecule has 1 aromatic heterocycles. The van der Waals surface area contributed by atoms with Crippen LogP contribution in [0.2, 0.25) is 0 Å². The highest BCUT2D eigenvalue weighted by Crippen LogP contribution is 2.34. The number of carbonyl (C=O) groups is 1. The van der Waals surface area contributed by atoms with Gasteiger partial charge in [-0.25, -0.2) is 8.42 Å². The van der Waals surface area contributed by atoms with Crippen molar-refractivity contribution in [2.45, 2.75) is 18.6 Å². The SMILES string of the molecule is Cc1sc(C(=O)N2C[C@@H](CN)[C@H](c3ccccc3)C2)cc1CS(C)(=O)=O.Cl. The summed E-state index contributed by atoms with van der Waals surface area (Å²) in [5, 5.41) is 0. The summed E-state index contributed by atoms with van der Waals surface area (Å²) in [5.74, 6) is 0.412. The minimum atomic E-state index is -3.12. The summed E-state index contributed by atoms with van der Waals surface area (Å²) in [5.41, 5.74) is 7.88. The zero-order valence-electron chi connectivity index (χ0n) is 15.4. The average molecular weight is 429 g/mol. The van der Waals surface area contributed by atoms with Crippen molar-refractivity contribution in [2.24, 2.45) is 11.7 Å². The molecule has 0 saturated carbocycles. The lowest BCUT2D eigenvalue weighted by Gasteiger charge is -2.16. The molecule has 148 valence electrons. The van der Waals surface area contributed by atoms with Crippen LogP contribution in [0.4, 0.5) is 0 Å². The van der Waals surface area contributed by atoms with E-state index >= 15 is 0 Å². The maximum atomic E-state index is 13.0. The predicted octanol–water partition coefficient (Wildman–Crippen LogP) is 2.84. The topological polar surface area (TPSA) is 80.5 Å².